The van der Waals surface area contributed by atoms with E-state index in [0.29, 0.717) is 11.3 Å². The number of carbonyl (C=O) groups excluding carboxylic acids is 1. The quantitative estimate of drug-likeness (QED) is 0.880. The van der Waals surface area contributed by atoms with Crippen molar-refractivity contribution in [3.8, 4) is 0 Å². The number of sulfonamides is 1. The Kier molecular flexibility index (Phi) is 4.51. The van der Waals surface area contributed by atoms with Gasteiger partial charge in [-0.2, -0.15) is 0 Å². The highest BCUT2D eigenvalue weighted by Gasteiger charge is 2.19. The second kappa shape index (κ2) is 6.19. The predicted molar refractivity (Wildman–Crippen MR) is 84.5 cm³/mol. The van der Waals surface area contributed by atoms with E-state index in [2.05, 4.69) is 9.46 Å². The van der Waals surface area contributed by atoms with Crippen molar-refractivity contribution in [1.29, 1.82) is 0 Å². The van der Waals surface area contributed by atoms with Crippen molar-refractivity contribution < 1.29 is 17.9 Å². The lowest BCUT2D eigenvalue weighted by Crippen LogP contribution is -2.15. The molecule has 0 aliphatic carbocycles. The summed E-state index contributed by atoms with van der Waals surface area (Å²) < 4.78 is 32.1. The van der Waals surface area contributed by atoms with Crippen LogP contribution in [0.15, 0.2) is 47.4 Å². The van der Waals surface area contributed by atoms with Gasteiger partial charge in [-0.1, -0.05) is 24.3 Å². The number of hydrogen-bond acceptors (Lipinski definition) is 4. The van der Waals surface area contributed by atoms with Gasteiger partial charge in [0, 0.05) is 0 Å². The molecule has 0 amide bonds. The van der Waals surface area contributed by atoms with Crippen LogP contribution in [0.3, 0.4) is 0 Å². The van der Waals surface area contributed by atoms with Crippen LogP contribution in [0, 0.1) is 13.8 Å². The SMILES string of the molecule is COC(=O)c1cc(S(=O)(=O)Nc2ccccc2C)ccc1C. The second-order valence-electron chi connectivity index (χ2n) is 4.89. The van der Waals surface area contributed by atoms with E-state index in [0.717, 1.165) is 5.56 Å². The molecule has 0 fully saturated rings. The molecule has 2 aromatic rings. The lowest BCUT2D eigenvalue weighted by atomic mass is 10.1. The van der Waals surface area contributed by atoms with Crippen LogP contribution in [-0.4, -0.2) is 21.5 Å². The first-order valence-corrected chi connectivity index (χ1v) is 8.11. The Morgan fingerprint density at radius 2 is 1.73 bits per heavy atom. The van der Waals surface area contributed by atoms with Gasteiger partial charge < -0.3 is 4.74 Å². The molecule has 1 N–H and O–H groups in total. The molecule has 0 atom stereocenters. The maximum absolute atomic E-state index is 12.5. The molecule has 0 saturated carbocycles. The van der Waals surface area contributed by atoms with E-state index >= 15 is 0 Å². The molecule has 116 valence electrons. The van der Waals surface area contributed by atoms with E-state index in [1.165, 1.54) is 19.2 Å². The number of hydrogen-bond donors (Lipinski definition) is 1. The number of carbonyl (C=O) groups is 1. The fourth-order valence-corrected chi connectivity index (χ4v) is 3.15. The van der Waals surface area contributed by atoms with Crippen molar-refractivity contribution in [3.05, 3.63) is 59.2 Å². The Balaban J connectivity index is 2.42. The van der Waals surface area contributed by atoms with E-state index < -0.39 is 16.0 Å². The molecule has 0 aliphatic heterocycles. The monoisotopic (exact) mass is 319 g/mol. The summed E-state index contributed by atoms with van der Waals surface area (Å²) in [6, 6.07) is 11.4. The lowest BCUT2D eigenvalue weighted by Gasteiger charge is -2.12. The van der Waals surface area contributed by atoms with E-state index in [4.69, 9.17) is 0 Å². The first-order valence-electron chi connectivity index (χ1n) is 6.62. The van der Waals surface area contributed by atoms with Crippen LogP contribution in [0.25, 0.3) is 0 Å². The Morgan fingerprint density at radius 1 is 1.05 bits per heavy atom. The maximum Gasteiger partial charge on any atom is 0.338 e. The minimum absolute atomic E-state index is 0.0155. The van der Waals surface area contributed by atoms with Crippen LogP contribution in [0.4, 0.5) is 5.69 Å². The third-order valence-corrected chi connectivity index (χ3v) is 4.68. The molecule has 0 aromatic heterocycles. The van der Waals surface area contributed by atoms with Crippen LogP contribution in [0.5, 0.6) is 0 Å². The number of rotatable bonds is 4. The number of para-hydroxylation sites is 1. The smallest absolute Gasteiger partial charge is 0.338 e. The van der Waals surface area contributed by atoms with Crippen molar-refractivity contribution in [2.24, 2.45) is 0 Å². The van der Waals surface area contributed by atoms with Crippen molar-refractivity contribution in [2.45, 2.75) is 18.7 Å². The van der Waals surface area contributed by atoms with Crippen LogP contribution in [0.1, 0.15) is 21.5 Å². The largest absolute Gasteiger partial charge is 0.465 e. The number of ether oxygens (including phenoxy) is 1. The summed E-state index contributed by atoms with van der Waals surface area (Å²) in [6.45, 7) is 3.53. The Morgan fingerprint density at radius 3 is 2.36 bits per heavy atom. The molecular formula is C16H17NO4S. The van der Waals surface area contributed by atoms with Crippen LogP contribution < -0.4 is 4.72 Å². The zero-order valence-corrected chi connectivity index (χ0v) is 13.4. The third kappa shape index (κ3) is 3.28. The Labute approximate surface area is 130 Å². The van der Waals surface area contributed by atoms with Crippen LogP contribution in [0.2, 0.25) is 0 Å². The average molecular weight is 319 g/mol. The summed E-state index contributed by atoms with van der Waals surface area (Å²) in [5, 5.41) is 0. The molecule has 0 aliphatic rings. The summed E-state index contributed by atoms with van der Waals surface area (Å²) in [7, 11) is -2.52. The highest BCUT2D eigenvalue weighted by molar-refractivity contribution is 7.92. The number of methoxy groups -OCH3 is 1. The van der Waals surface area contributed by atoms with Crippen molar-refractivity contribution >= 4 is 21.7 Å². The van der Waals surface area contributed by atoms with E-state index in [-0.39, 0.29) is 10.5 Å². The van der Waals surface area contributed by atoms with Crippen molar-refractivity contribution in [1.82, 2.24) is 0 Å². The molecule has 2 rings (SSSR count). The van der Waals surface area contributed by atoms with Gasteiger partial charge >= 0.3 is 5.97 Å². The van der Waals surface area contributed by atoms with E-state index in [1.807, 2.05) is 19.1 Å². The number of esters is 1. The number of anilines is 1. The molecule has 0 bridgehead atoms. The van der Waals surface area contributed by atoms with Gasteiger partial charge in [0.25, 0.3) is 10.0 Å². The standard InChI is InChI=1S/C16H17NO4S/c1-11-8-9-13(10-14(11)16(18)21-3)22(19,20)17-15-7-5-4-6-12(15)2/h4-10,17H,1-3H3. The third-order valence-electron chi connectivity index (χ3n) is 3.31. The van der Waals surface area contributed by atoms with Gasteiger partial charge in [0.15, 0.2) is 0 Å². The van der Waals surface area contributed by atoms with Gasteiger partial charge in [-0.3, -0.25) is 4.72 Å². The van der Waals surface area contributed by atoms with Gasteiger partial charge in [0.1, 0.15) is 0 Å². The number of nitrogens with one attached hydrogen (secondary N) is 1. The van der Waals surface area contributed by atoms with E-state index in [1.54, 1.807) is 25.1 Å². The normalized spacial score (nSPS) is 11.0. The molecule has 0 radical (unpaired) electrons. The first kappa shape index (κ1) is 16.0. The van der Waals surface area contributed by atoms with E-state index in [9.17, 15) is 13.2 Å². The fraction of sp³-hybridized carbons (Fsp3) is 0.188. The van der Waals surface area contributed by atoms with Crippen LogP contribution in [-0.2, 0) is 14.8 Å². The number of aryl methyl sites for hydroxylation is 2. The molecule has 0 spiro atoms. The summed E-state index contributed by atoms with van der Waals surface area (Å²) in [5.41, 5.74) is 2.20. The lowest BCUT2D eigenvalue weighted by molar-refractivity contribution is 0.0599. The molecule has 22 heavy (non-hydrogen) atoms. The highest BCUT2D eigenvalue weighted by atomic mass is 32.2. The van der Waals surface area contributed by atoms with Crippen molar-refractivity contribution in [2.75, 3.05) is 11.8 Å². The molecule has 2 aromatic carbocycles. The van der Waals surface area contributed by atoms with Crippen LogP contribution >= 0.6 is 0 Å². The summed E-state index contributed by atoms with van der Waals surface area (Å²) in [4.78, 5) is 11.7. The zero-order chi connectivity index (χ0) is 16.3. The van der Waals surface area contributed by atoms with Gasteiger partial charge in [-0.05, 0) is 43.2 Å². The van der Waals surface area contributed by atoms with Gasteiger partial charge in [-0.15, -0.1) is 0 Å². The minimum atomic E-state index is -3.77. The highest BCUT2D eigenvalue weighted by Crippen LogP contribution is 2.21. The van der Waals surface area contributed by atoms with Gasteiger partial charge in [-0.25, -0.2) is 13.2 Å². The summed E-state index contributed by atoms with van der Waals surface area (Å²) in [6.07, 6.45) is 0. The fourth-order valence-electron chi connectivity index (χ4n) is 1.99. The molecule has 6 heteroatoms. The maximum atomic E-state index is 12.5. The Bertz CT molecular complexity index is 813. The molecule has 5 nitrogen and oxygen atoms in total. The number of benzene rings is 2. The van der Waals surface area contributed by atoms with Gasteiger partial charge in [0.05, 0.1) is 23.3 Å². The summed E-state index contributed by atoms with van der Waals surface area (Å²) >= 11 is 0. The summed E-state index contributed by atoms with van der Waals surface area (Å²) in [5.74, 6) is -0.564. The average Bonchev–Trinajstić information content (AvgIpc) is 2.49. The first-order chi connectivity index (χ1) is 10.3. The predicted octanol–water partition coefficient (Wildman–Crippen LogP) is 2.89. The van der Waals surface area contributed by atoms with Crippen molar-refractivity contribution in [3.63, 3.8) is 0 Å². The minimum Gasteiger partial charge on any atom is -0.465 e. The molecule has 0 unspecified atom stereocenters. The zero-order valence-electron chi connectivity index (χ0n) is 12.6. The molecule has 0 saturated heterocycles. The topological polar surface area (TPSA) is 72.5 Å². The second-order valence-corrected chi connectivity index (χ2v) is 6.57. The Hall–Kier alpha value is -2.34. The molecular weight excluding hydrogens is 302 g/mol. The van der Waals surface area contributed by atoms with Gasteiger partial charge in [0.2, 0.25) is 0 Å². The molecule has 0 heterocycles.